The second-order valence-electron chi connectivity index (χ2n) is 7.11. The number of aromatic nitrogens is 2. The largest absolute Gasteiger partial charge is 0.422 e. The molecule has 0 amide bonds. The van der Waals surface area contributed by atoms with E-state index in [1.54, 1.807) is 28.8 Å². The van der Waals surface area contributed by atoms with Gasteiger partial charge in [-0.25, -0.2) is 9.78 Å². The molecule has 0 aliphatic carbocycles. The predicted molar refractivity (Wildman–Crippen MR) is 108 cm³/mol. The number of carbonyl (C=O) groups is 1. The lowest BCUT2D eigenvalue weighted by atomic mass is 10.1. The van der Waals surface area contributed by atoms with Crippen molar-refractivity contribution in [2.75, 3.05) is 0 Å². The van der Waals surface area contributed by atoms with Gasteiger partial charge in [0.1, 0.15) is 11.6 Å². The summed E-state index contributed by atoms with van der Waals surface area (Å²) < 4.78 is 7.41. The normalized spacial score (nSPS) is 13.5. The third kappa shape index (κ3) is 3.74. The molecule has 0 bridgehead atoms. The standard InChI is InChI=1S/C23H22N2O3/c1-16-10-12-17(13-11-16)23(27)28-20-8-5-4-7-18(20)19-15-22(26)25-14-6-2-3-9-21(25)24-19/h4-5,7-8,10-13,15H,2-3,6,9,14H2,1H3. The summed E-state index contributed by atoms with van der Waals surface area (Å²) in [6.45, 7) is 2.68. The summed E-state index contributed by atoms with van der Waals surface area (Å²) >= 11 is 0. The summed E-state index contributed by atoms with van der Waals surface area (Å²) in [7, 11) is 0. The SMILES string of the molecule is Cc1ccc(C(=O)Oc2ccccc2-c2cc(=O)n3c(n2)CCCCC3)cc1. The molecule has 0 unspecified atom stereocenters. The van der Waals surface area contributed by atoms with Crippen molar-refractivity contribution in [2.45, 2.75) is 39.2 Å². The molecule has 5 nitrogen and oxygen atoms in total. The summed E-state index contributed by atoms with van der Waals surface area (Å²) in [5, 5.41) is 0. The van der Waals surface area contributed by atoms with E-state index < -0.39 is 5.97 Å². The molecule has 0 spiro atoms. The highest BCUT2D eigenvalue weighted by Crippen LogP contribution is 2.29. The number of hydrogen-bond donors (Lipinski definition) is 0. The summed E-state index contributed by atoms with van der Waals surface area (Å²) in [6, 6.07) is 16.0. The fourth-order valence-corrected chi connectivity index (χ4v) is 3.47. The maximum atomic E-state index is 12.6. The second kappa shape index (κ2) is 7.80. The molecule has 2 heterocycles. The van der Waals surface area contributed by atoms with Gasteiger partial charge in [0.2, 0.25) is 0 Å². The smallest absolute Gasteiger partial charge is 0.343 e. The molecule has 5 heteroatoms. The summed E-state index contributed by atoms with van der Waals surface area (Å²) in [5.74, 6) is 0.775. The van der Waals surface area contributed by atoms with Gasteiger partial charge in [0.25, 0.3) is 5.56 Å². The molecule has 1 aliphatic rings. The van der Waals surface area contributed by atoms with Gasteiger partial charge in [-0.3, -0.25) is 9.36 Å². The van der Waals surface area contributed by atoms with Gasteiger partial charge in [0.05, 0.1) is 11.3 Å². The maximum absolute atomic E-state index is 12.6. The first-order valence-corrected chi connectivity index (χ1v) is 9.61. The van der Waals surface area contributed by atoms with Crippen molar-refractivity contribution in [3.05, 3.63) is 81.9 Å². The third-order valence-corrected chi connectivity index (χ3v) is 5.02. The van der Waals surface area contributed by atoms with Crippen LogP contribution in [0.25, 0.3) is 11.3 Å². The zero-order valence-corrected chi connectivity index (χ0v) is 15.9. The third-order valence-electron chi connectivity index (χ3n) is 5.02. The monoisotopic (exact) mass is 374 g/mol. The lowest BCUT2D eigenvalue weighted by Gasteiger charge is -2.13. The van der Waals surface area contributed by atoms with Gasteiger partial charge < -0.3 is 4.74 Å². The van der Waals surface area contributed by atoms with Crippen molar-refractivity contribution in [1.29, 1.82) is 0 Å². The number of hydrogen-bond acceptors (Lipinski definition) is 4. The van der Waals surface area contributed by atoms with Crippen LogP contribution in [0.15, 0.2) is 59.4 Å². The molecule has 2 aromatic carbocycles. The number of aryl methyl sites for hydroxylation is 2. The van der Waals surface area contributed by atoms with E-state index in [0.29, 0.717) is 29.1 Å². The van der Waals surface area contributed by atoms with Crippen molar-refractivity contribution in [1.82, 2.24) is 9.55 Å². The van der Waals surface area contributed by atoms with E-state index >= 15 is 0 Å². The molecule has 0 fully saturated rings. The summed E-state index contributed by atoms with van der Waals surface area (Å²) in [5.41, 5.74) is 2.70. The second-order valence-corrected chi connectivity index (χ2v) is 7.11. The number of nitrogens with zero attached hydrogens (tertiary/aromatic N) is 2. The number of carbonyl (C=O) groups excluding carboxylic acids is 1. The van der Waals surface area contributed by atoms with Crippen LogP contribution in [0.3, 0.4) is 0 Å². The van der Waals surface area contributed by atoms with Crippen LogP contribution in [0.5, 0.6) is 5.75 Å². The van der Waals surface area contributed by atoms with Crippen LogP contribution in [-0.4, -0.2) is 15.5 Å². The van der Waals surface area contributed by atoms with Gasteiger partial charge in [-0.2, -0.15) is 0 Å². The Morgan fingerprint density at radius 2 is 1.82 bits per heavy atom. The molecular formula is C23H22N2O3. The number of para-hydroxylation sites is 1. The van der Waals surface area contributed by atoms with Gasteiger partial charge in [-0.15, -0.1) is 0 Å². The van der Waals surface area contributed by atoms with E-state index in [1.165, 1.54) is 6.07 Å². The lowest BCUT2D eigenvalue weighted by molar-refractivity contribution is 0.0735. The van der Waals surface area contributed by atoms with Gasteiger partial charge in [-0.05, 0) is 44.0 Å². The van der Waals surface area contributed by atoms with Crippen LogP contribution >= 0.6 is 0 Å². The summed E-state index contributed by atoms with van der Waals surface area (Å²) in [6.07, 6.45) is 3.91. The Morgan fingerprint density at radius 3 is 2.64 bits per heavy atom. The van der Waals surface area contributed by atoms with Crippen LogP contribution < -0.4 is 10.3 Å². The quantitative estimate of drug-likeness (QED) is 0.510. The van der Waals surface area contributed by atoms with E-state index in [9.17, 15) is 9.59 Å². The van der Waals surface area contributed by atoms with E-state index in [0.717, 1.165) is 37.1 Å². The zero-order valence-electron chi connectivity index (χ0n) is 15.9. The van der Waals surface area contributed by atoms with Crippen LogP contribution in [0, 0.1) is 6.92 Å². The van der Waals surface area contributed by atoms with Crippen LogP contribution in [0.2, 0.25) is 0 Å². The molecule has 1 aromatic heterocycles. The van der Waals surface area contributed by atoms with Crippen LogP contribution in [0.1, 0.15) is 41.0 Å². The molecular weight excluding hydrogens is 352 g/mol. The molecule has 0 N–H and O–H groups in total. The van der Waals surface area contributed by atoms with Gasteiger partial charge in [0.15, 0.2) is 0 Å². The number of fused-ring (bicyclic) bond motifs is 1. The Hall–Kier alpha value is -3.21. The van der Waals surface area contributed by atoms with Crippen molar-refractivity contribution >= 4 is 5.97 Å². The van der Waals surface area contributed by atoms with E-state index in [-0.39, 0.29) is 5.56 Å². The molecule has 0 saturated carbocycles. The molecule has 4 rings (SSSR count). The molecule has 142 valence electrons. The van der Waals surface area contributed by atoms with Crippen molar-refractivity contribution < 1.29 is 9.53 Å². The van der Waals surface area contributed by atoms with E-state index in [4.69, 9.17) is 9.72 Å². The average molecular weight is 374 g/mol. The number of esters is 1. The Bertz CT molecular complexity index is 1070. The van der Waals surface area contributed by atoms with Gasteiger partial charge >= 0.3 is 5.97 Å². The minimum absolute atomic E-state index is 0.0541. The molecule has 1 aliphatic heterocycles. The topological polar surface area (TPSA) is 61.2 Å². The van der Waals surface area contributed by atoms with Crippen molar-refractivity contribution in [3.63, 3.8) is 0 Å². The number of rotatable bonds is 3. The fraction of sp³-hybridized carbons (Fsp3) is 0.261. The summed E-state index contributed by atoms with van der Waals surface area (Å²) in [4.78, 5) is 29.9. The first-order valence-electron chi connectivity index (χ1n) is 9.61. The highest BCUT2D eigenvalue weighted by molar-refractivity contribution is 5.92. The zero-order chi connectivity index (χ0) is 19.5. The van der Waals surface area contributed by atoms with Crippen LogP contribution in [-0.2, 0) is 13.0 Å². The number of benzene rings is 2. The van der Waals surface area contributed by atoms with E-state index in [2.05, 4.69) is 0 Å². The Kier molecular flexibility index (Phi) is 5.06. The number of ether oxygens (including phenoxy) is 1. The Morgan fingerprint density at radius 1 is 1.04 bits per heavy atom. The Balaban J connectivity index is 1.69. The first-order chi connectivity index (χ1) is 13.6. The highest BCUT2D eigenvalue weighted by atomic mass is 16.5. The van der Waals surface area contributed by atoms with Gasteiger partial charge in [-0.1, -0.05) is 36.2 Å². The average Bonchev–Trinajstić information content (AvgIpc) is 2.95. The van der Waals surface area contributed by atoms with Crippen molar-refractivity contribution in [2.24, 2.45) is 0 Å². The Labute approximate surface area is 163 Å². The minimum Gasteiger partial charge on any atom is -0.422 e. The molecule has 28 heavy (non-hydrogen) atoms. The lowest BCUT2D eigenvalue weighted by Crippen LogP contribution is -2.24. The highest BCUT2D eigenvalue weighted by Gasteiger charge is 2.17. The van der Waals surface area contributed by atoms with Gasteiger partial charge in [0, 0.05) is 24.6 Å². The minimum atomic E-state index is -0.432. The maximum Gasteiger partial charge on any atom is 0.343 e. The molecule has 3 aromatic rings. The fourth-order valence-electron chi connectivity index (χ4n) is 3.47. The van der Waals surface area contributed by atoms with Crippen LogP contribution in [0.4, 0.5) is 0 Å². The predicted octanol–water partition coefficient (Wildman–Crippen LogP) is 4.16. The van der Waals surface area contributed by atoms with Crippen molar-refractivity contribution in [3.8, 4) is 17.0 Å². The molecule has 0 saturated heterocycles. The molecule has 0 radical (unpaired) electrons. The molecule has 0 atom stereocenters. The first kappa shape index (κ1) is 18.2. The van der Waals surface area contributed by atoms with E-state index in [1.807, 2.05) is 31.2 Å².